The van der Waals surface area contributed by atoms with E-state index in [2.05, 4.69) is 10.6 Å². The third kappa shape index (κ3) is 4.70. The summed E-state index contributed by atoms with van der Waals surface area (Å²) in [5, 5.41) is 5.38. The topological polar surface area (TPSA) is 76.7 Å². The van der Waals surface area contributed by atoms with E-state index in [9.17, 15) is 14.0 Å². The van der Waals surface area contributed by atoms with E-state index in [0.29, 0.717) is 28.4 Å². The number of anilines is 2. The van der Waals surface area contributed by atoms with Gasteiger partial charge in [-0.2, -0.15) is 0 Å². The third-order valence-corrected chi connectivity index (χ3v) is 4.17. The molecule has 3 aromatic rings. The van der Waals surface area contributed by atoms with Gasteiger partial charge in [0.15, 0.2) is 0 Å². The molecule has 0 spiro atoms. The Bertz CT molecular complexity index is 1040. The number of ether oxygens (including phenoxy) is 2. The quantitative estimate of drug-likeness (QED) is 0.652. The number of carbonyl (C=O) groups is 2. The van der Waals surface area contributed by atoms with E-state index < -0.39 is 11.7 Å². The third-order valence-electron chi connectivity index (χ3n) is 4.17. The van der Waals surface area contributed by atoms with Crippen molar-refractivity contribution in [2.24, 2.45) is 0 Å². The Hall–Kier alpha value is -3.87. The second-order valence-electron chi connectivity index (χ2n) is 6.03. The molecule has 2 amide bonds. The molecule has 0 saturated heterocycles. The Morgan fingerprint density at radius 1 is 0.759 bits per heavy atom. The van der Waals surface area contributed by atoms with Gasteiger partial charge in [0, 0.05) is 17.4 Å². The minimum absolute atomic E-state index is 0.0449. The summed E-state index contributed by atoms with van der Waals surface area (Å²) in [5.74, 6) is -0.540. The van der Waals surface area contributed by atoms with E-state index in [4.69, 9.17) is 9.47 Å². The Balaban J connectivity index is 1.68. The van der Waals surface area contributed by atoms with Gasteiger partial charge in [0.25, 0.3) is 11.8 Å². The van der Waals surface area contributed by atoms with Gasteiger partial charge in [-0.1, -0.05) is 12.1 Å². The second-order valence-corrected chi connectivity index (χ2v) is 6.03. The number of hydrogen-bond donors (Lipinski definition) is 2. The van der Waals surface area contributed by atoms with Crippen LogP contribution in [-0.4, -0.2) is 26.0 Å². The van der Waals surface area contributed by atoms with Crippen molar-refractivity contribution in [3.8, 4) is 11.5 Å². The van der Waals surface area contributed by atoms with Crippen molar-refractivity contribution >= 4 is 23.2 Å². The van der Waals surface area contributed by atoms with Crippen molar-refractivity contribution in [1.82, 2.24) is 0 Å². The summed E-state index contributed by atoms with van der Waals surface area (Å²) in [6, 6.07) is 17.1. The second kappa shape index (κ2) is 8.88. The largest absolute Gasteiger partial charge is 0.497 e. The first kappa shape index (κ1) is 19.9. The molecule has 0 bridgehead atoms. The molecular weight excluding hydrogens is 375 g/mol. The molecule has 0 aromatic heterocycles. The van der Waals surface area contributed by atoms with Crippen LogP contribution in [0.5, 0.6) is 11.5 Å². The maximum absolute atomic E-state index is 13.7. The molecule has 0 aliphatic heterocycles. The number of carbonyl (C=O) groups excluding carboxylic acids is 2. The molecule has 6 nitrogen and oxygen atoms in total. The van der Waals surface area contributed by atoms with E-state index in [1.54, 1.807) is 48.5 Å². The molecule has 0 unspecified atom stereocenters. The average Bonchev–Trinajstić information content (AvgIpc) is 2.74. The van der Waals surface area contributed by atoms with Crippen LogP contribution in [0, 0.1) is 5.82 Å². The molecule has 0 aliphatic rings. The van der Waals surface area contributed by atoms with Crippen LogP contribution in [0.1, 0.15) is 20.7 Å². The Labute approximate surface area is 167 Å². The van der Waals surface area contributed by atoms with Crippen LogP contribution in [0.2, 0.25) is 0 Å². The average molecular weight is 394 g/mol. The lowest BCUT2D eigenvalue weighted by Crippen LogP contribution is -2.14. The van der Waals surface area contributed by atoms with Crippen molar-refractivity contribution in [3.63, 3.8) is 0 Å². The van der Waals surface area contributed by atoms with Gasteiger partial charge in [0.2, 0.25) is 0 Å². The maximum atomic E-state index is 13.7. The highest BCUT2D eigenvalue weighted by molar-refractivity contribution is 6.07. The molecule has 0 saturated carbocycles. The summed E-state index contributed by atoms with van der Waals surface area (Å²) in [6.07, 6.45) is 0. The van der Waals surface area contributed by atoms with Crippen molar-refractivity contribution in [1.29, 1.82) is 0 Å². The predicted octanol–water partition coefficient (Wildman–Crippen LogP) is 4.35. The van der Waals surface area contributed by atoms with Crippen molar-refractivity contribution in [3.05, 3.63) is 83.7 Å². The fourth-order valence-corrected chi connectivity index (χ4v) is 2.67. The molecule has 3 aromatic carbocycles. The van der Waals surface area contributed by atoms with E-state index in [1.807, 2.05) is 0 Å². The number of amides is 2. The van der Waals surface area contributed by atoms with E-state index in [1.165, 1.54) is 32.4 Å². The molecule has 7 heteroatoms. The smallest absolute Gasteiger partial charge is 0.259 e. The van der Waals surface area contributed by atoms with Crippen LogP contribution in [0.15, 0.2) is 66.7 Å². The first-order valence-corrected chi connectivity index (χ1v) is 8.71. The first-order chi connectivity index (χ1) is 14.0. The van der Waals surface area contributed by atoms with Crippen LogP contribution >= 0.6 is 0 Å². The number of methoxy groups -OCH3 is 2. The van der Waals surface area contributed by atoms with Crippen LogP contribution in [0.25, 0.3) is 0 Å². The highest BCUT2D eigenvalue weighted by Crippen LogP contribution is 2.25. The number of rotatable bonds is 6. The summed E-state index contributed by atoms with van der Waals surface area (Å²) in [6.45, 7) is 0. The summed E-state index contributed by atoms with van der Waals surface area (Å²) < 4.78 is 24.1. The monoisotopic (exact) mass is 394 g/mol. The lowest BCUT2D eigenvalue weighted by atomic mass is 10.1. The number of halogens is 1. The SMILES string of the molecule is COc1ccc(C(=O)Nc2ccc(NC(=O)c3ccccc3F)cc2)c(OC)c1. The summed E-state index contributed by atoms with van der Waals surface area (Å²) in [5.41, 5.74) is 1.30. The highest BCUT2D eigenvalue weighted by atomic mass is 19.1. The van der Waals surface area contributed by atoms with E-state index in [0.717, 1.165) is 0 Å². The van der Waals surface area contributed by atoms with Gasteiger partial charge in [-0.3, -0.25) is 9.59 Å². The molecule has 0 heterocycles. The predicted molar refractivity (Wildman–Crippen MR) is 108 cm³/mol. The lowest BCUT2D eigenvalue weighted by molar-refractivity contribution is 0.101. The first-order valence-electron chi connectivity index (χ1n) is 8.71. The lowest BCUT2D eigenvalue weighted by Gasteiger charge is -2.11. The van der Waals surface area contributed by atoms with Crippen LogP contribution in [-0.2, 0) is 0 Å². The Morgan fingerprint density at radius 3 is 1.90 bits per heavy atom. The van der Waals surface area contributed by atoms with E-state index in [-0.39, 0.29) is 11.5 Å². The molecular formula is C22H19FN2O4. The van der Waals surface area contributed by atoms with Gasteiger partial charge in [-0.05, 0) is 48.5 Å². The highest BCUT2D eigenvalue weighted by Gasteiger charge is 2.14. The van der Waals surface area contributed by atoms with Crippen LogP contribution in [0.3, 0.4) is 0 Å². The van der Waals surface area contributed by atoms with Gasteiger partial charge >= 0.3 is 0 Å². The zero-order valence-corrected chi connectivity index (χ0v) is 15.9. The van der Waals surface area contributed by atoms with Gasteiger partial charge in [-0.15, -0.1) is 0 Å². The van der Waals surface area contributed by atoms with Crippen molar-refractivity contribution in [2.45, 2.75) is 0 Å². The fourth-order valence-electron chi connectivity index (χ4n) is 2.67. The molecule has 0 radical (unpaired) electrons. The van der Waals surface area contributed by atoms with Gasteiger partial charge in [-0.25, -0.2) is 4.39 Å². The zero-order valence-electron chi connectivity index (χ0n) is 15.9. The number of benzene rings is 3. The van der Waals surface area contributed by atoms with Gasteiger partial charge < -0.3 is 20.1 Å². The minimum atomic E-state index is -0.595. The van der Waals surface area contributed by atoms with Gasteiger partial charge in [0.05, 0.1) is 25.3 Å². The molecule has 2 N–H and O–H groups in total. The maximum Gasteiger partial charge on any atom is 0.259 e. The van der Waals surface area contributed by atoms with Gasteiger partial charge in [0.1, 0.15) is 17.3 Å². The summed E-state index contributed by atoms with van der Waals surface area (Å²) >= 11 is 0. The van der Waals surface area contributed by atoms with Crippen molar-refractivity contribution < 1.29 is 23.5 Å². The Morgan fingerprint density at radius 2 is 1.34 bits per heavy atom. The van der Waals surface area contributed by atoms with Crippen LogP contribution in [0.4, 0.5) is 15.8 Å². The summed E-state index contributed by atoms with van der Waals surface area (Å²) in [4.78, 5) is 24.7. The normalized spacial score (nSPS) is 10.2. The minimum Gasteiger partial charge on any atom is -0.497 e. The molecule has 0 aliphatic carbocycles. The summed E-state index contributed by atoms with van der Waals surface area (Å²) in [7, 11) is 3.00. The zero-order chi connectivity index (χ0) is 20.8. The van der Waals surface area contributed by atoms with Crippen molar-refractivity contribution in [2.75, 3.05) is 24.9 Å². The molecule has 3 rings (SSSR count). The van der Waals surface area contributed by atoms with E-state index >= 15 is 0 Å². The molecule has 29 heavy (non-hydrogen) atoms. The number of hydrogen-bond acceptors (Lipinski definition) is 4. The van der Waals surface area contributed by atoms with Crippen LogP contribution < -0.4 is 20.1 Å². The molecule has 0 fully saturated rings. The molecule has 148 valence electrons. The molecule has 0 atom stereocenters. The fraction of sp³-hybridized carbons (Fsp3) is 0.0909. The number of nitrogens with one attached hydrogen (secondary N) is 2. The Kier molecular flexibility index (Phi) is 6.09. The standard InChI is InChI=1S/C22H19FN2O4/c1-28-16-11-12-18(20(13-16)29-2)22(27)25-15-9-7-14(8-10-15)24-21(26)17-5-3-4-6-19(17)23/h3-13H,1-2H3,(H,24,26)(H,25,27).